The van der Waals surface area contributed by atoms with Crippen molar-refractivity contribution in [2.24, 2.45) is 0 Å². The summed E-state index contributed by atoms with van der Waals surface area (Å²) in [6.45, 7) is 4.34. The Labute approximate surface area is 236 Å². The fraction of sp³-hybridized carbons (Fsp3) is 0.471. The van der Waals surface area contributed by atoms with Gasteiger partial charge in [0.05, 0.1) is 11.1 Å². The minimum Gasteiger partial charge on any atom is -0.429 e. The van der Waals surface area contributed by atoms with Crippen LogP contribution >= 0.6 is 0 Å². The Morgan fingerprint density at radius 1 is 0.450 bits per heavy atom. The standard InChI is InChI=1S/C34H42F4O2/c1-3-5-7-9-10-12-14-28-17-25-32(26-18-28)40-34(37,38)30-21-19-29(20-22-30)33(35,36)39-31-23-15-27(16-24-31)13-11-8-6-4-2/h15-26H,3-14H2,1-2H3. The second-order valence-corrected chi connectivity index (χ2v) is 10.4. The number of hydrogen-bond acceptors (Lipinski definition) is 2. The zero-order valence-electron chi connectivity index (χ0n) is 23.7. The van der Waals surface area contributed by atoms with Gasteiger partial charge in [0.2, 0.25) is 0 Å². The molecule has 3 aromatic rings. The maximum absolute atomic E-state index is 14.8. The molecule has 0 aliphatic carbocycles. The minimum atomic E-state index is -3.68. The van der Waals surface area contributed by atoms with Gasteiger partial charge in [0, 0.05) is 0 Å². The van der Waals surface area contributed by atoms with Crippen molar-refractivity contribution < 1.29 is 27.0 Å². The smallest absolute Gasteiger partial charge is 0.426 e. The summed E-state index contributed by atoms with van der Waals surface area (Å²) in [6, 6.07) is 17.0. The molecule has 2 nitrogen and oxygen atoms in total. The molecule has 0 aliphatic rings. The Kier molecular flexibility index (Phi) is 12.4. The van der Waals surface area contributed by atoms with Gasteiger partial charge in [-0.05, 0) is 85.3 Å². The molecule has 0 bridgehead atoms. The van der Waals surface area contributed by atoms with Gasteiger partial charge in [-0.1, -0.05) is 89.5 Å². The number of rotatable bonds is 18. The Morgan fingerprint density at radius 2 is 0.775 bits per heavy atom. The van der Waals surface area contributed by atoms with E-state index in [0.717, 1.165) is 80.3 Å². The molecule has 3 rings (SSSR count). The first-order valence-electron chi connectivity index (χ1n) is 14.7. The third-order valence-corrected chi connectivity index (χ3v) is 7.03. The van der Waals surface area contributed by atoms with Crippen LogP contribution in [0.25, 0.3) is 0 Å². The van der Waals surface area contributed by atoms with E-state index < -0.39 is 23.3 Å². The quantitative estimate of drug-likeness (QED) is 0.114. The SMILES string of the molecule is CCCCCCCCc1ccc(OC(F)(F)c2ccc(C(F)(F)Oc3ccc(CCCCCC)cc3)cc2)cc1. The van der Waals surface area contributed by atoms with E-state index in [1.807, 2.05) is 0 Å². The zero-order chi connectivity index (χ0) is 28.8. The van der Waals surface area contributed by atoms with Crippen molar-refractivity contribution in [2.75, 3.05) is 0 Å². The predicted molar refractivity (Wildman–Crippen MR) is 153 cm³/mol. The fourth-order valence-electron chi connectivity index (χ4n) is 4.59. The van der Waals surface area contributed by atoms with Crippen molar-refractivity contribution in [1.29, 1.82) is 0 Å². The number of halogens is 4. The van der Waals surface area contributed by atoms with Gasteiger partial charge in [0.15, 0.2) is 0 Å². The molecule has 0 saturated carbocycles. The largest absolute Gasteiger partial charge is 0.429 e. The molecular weight excluding hydrogens is 516 g/mol. The molecule has 0 unspecified atom stereocenters. The van der Waals surface area contributed by atoms with Gasteiger partial charge in [0.25, 0.3) is 0 Å². The highest BCUT2D eigenvalue weighted by Gasteiger charge is 2.38. The molecule has 0 heterocycles. The maximum atomic E-state index is 14.8. The van der Waals surface area contributed by atoms with E-state index in [0.29, 0.717) is 0 Å². The Balaban J connectivity index is 1.53. The number of aryl methyl sites for hydroxylation is 2. The van der Waals surface area contributed by atoms with E-state index in [1.165, 1.54) is 56.4 Å². The van der Waals surface area contributed by atoms with Crippen LogP contribution < -0.4 is 9.47 Å². The lowest BCUT2D eigenvalue weighted by molar-refractivity contribution is -0.188. The molecule has 6 heteroatoms. The maximum Gasteiger partial charge on any atom is 0.426 e. The minimum absolute atomic E-state index is 0.0139. The first-order chi connectivity index (χ1) is 19.2. The van der Waals surface area contributed by atoms with Gasteiger partial charge in [-0.2, -0.15) is 17.6 Å². The van der Waals surface area contributed by atoms with Gasteiger partial charge in [0.1, 0.15) is 11.5 Å². The lowest BCUT2D eigenvalue weighted by Crippen LogP contribution is -2.24. The lowest BCUT2D eigenvalue weighted by atomic mass is 10.0. The summed E-state index contributed by atoms with van der Waals surface area (Å²) in [5, 5.41) is 0. The van der Waals surface area contributed by atoms with Crippen molar-refractivity contribution in [1.82, 2.24) is 0 Å². The van der Waals surface area contributed by atoms with E-state index in [-0.39, 0.29) is 11.5 Å². The first kappa shape index (κ1) is 31.5. The van der Waals surface area contributed by atoms with Crippen LogP contribution in [0.3, 0.4) is 0 Å². The third kappa shape index (κ3) is 10.2. The van der Waals surface area contributed by atoms with Crippen molar-refractivity contribution in [2.45, 2.75) is 103 Å². The Bertz CT molecular complexity index is 1110. The first-order valence-corrected chi connectivity index (χ1v) is 14.7. The van der Waals surface area contributed by atoms with Crippen LogP contribution in [-0.2, 0) is 25.1 Å². The van der Waals surface area contributed by atoms with Crippen molar-refractivity contribution >= 4 is 0 Å². The molecule has 0 amide bonds. The predicted octanol–water partition coefficient (Wildman–Crippen LogP) is 11.0. The summed E-state index contributed by atoms with van der Waals surface area (Å²) in [7, 11) is 0. The molecule has 218 valence electrons. The topological polar surface area (TPSA) is 18.5 Å². The van der Waals surface area contributed by atoms with E-state index >= 15 is 0 Å². The monoisotopic (exact) mass is 558 g/mol. The number of hydrogen-bond donors (Lipinski definition) is 0. The summed E-state index contributed by atoms with van der Waals surface area (Å²) < 4.78 is 69.0. The molecule has 0 aromatic heterocycles. The van der Waals surface area contributed by atoms with E-state index in [2.05, 4.69) is 13.8 Å². The average molecular weight is 559 g/mol. The summed E-state index contributed by atoms with van der Waals surface area (Å²) >= 11 is 0. The van der Waals surface area contributed by atoms with Crippen LogP contribution in [0.5, 0.6) is 11.5 Å². The van der Waals surface area contributed by atoms with Crippen LogP contribution in [-0.4, -0.2) is 0 Å². The highest BCUT2D eigenvalue weighted by molar-refractivity contribution is 5.32. The van der Waals surface area contributed by atoms with Gasteiger partial charge >= 0.3 is 12.2 Å². The second kappa shape index (κ2) is 15.7. The van der Waals surface area contributed by atoms with Gasteiger partial charge in [-0.3, -0.25) is 0 Å². The van der Waals surface area contributed by atoms with E-state index in [1.54, 1.807) is 24.3 Å². The van der Waals surface area contributed by atoms with Crippen molar-refractivity contribution in [3.63, 3.8) is 0 Å². The third-order valence-electron chi connectivity index (χ3n) is 7.03. The van der Waals surface area contributed by atoms with Crippen LogP contribution in [0.2, 0.25) is 0 Å². The average Bonchev–Trinajstić information content (AvgIpc) is 2.94. The van der Waals surface area contributed by atoms with Gasteiger partial charge < -0.3 is 9.47 Å². The number of alkyl halides is 4. The highest BCUT2D eigenvalue weighted by Crippen LogP contribution is 2.36. The van der Waals surface area contributed by atoms with E-state index in [4.69, 9.17) is 9.47 Å². The van der Waals surface area contributed by atoms with Crippen LogP contribution in [0.15, 0.2) is 72.8 Å². The molecule has 0 N–H and O–H groups in total. The summed E-state index contributed by atoms with van der Waals surface area (Å²) in [6.07, 6.45) is 6.09. The summed E-state index contributed by atoms with van der Waals surface area (Å²) in [5.74, 6) is 0.0308. The van der Waals surface area contributed by atoms with Crippen LogP contribution in [0.1, 0.15) is 100 Å². The van der Waals surface area contributed by atoms with Crippen LogP contribution in [0.4, 0.5) is 17.6 Å². The molecule has 0 atom stereocenters. The lowest BCUT2D eigenvalue weighted by Gasteiger charge is -2.21. The van der Waals surface area contributed by atoms with E-state index in [9.17, 15) is 17.6 Å². The highest BCUT2D eigenvalue weighted by atomic mass is 19.3. The number of ether oxygens (including phenoxy) is 2. The number of unbranched alkanes of at least 4 members (excludes halogenated alkanes) is 8. The van der Waals surface area contributed by atoms with Crippen molar-refractivity contribution in [3.05, 3.63) is 95.1 Å². The molecule has 0 radical (unpaired) electrons. The molecule has 0 fully saturated rings. The molecule has 0 spiro atoms. The second-order valence-electron chi connectivity index (χ2n) is 10.4. The summed E-state index contributed by atoms with van der Waals surface area (Å²) in [4.78, 5) is 0. The molecule has 0 saturated heterocycles. The van der Waals surface area contributed by atoms with Crippen LogP contribution in [0, 0.1) is 0 Å². The Morgan fingerprint density at radius 3 is 1.15 bits per heavy atom. The van der Waals surface area contributed by atoms with Crippen molar-refractivity contribution in [3.8, 4) is 11.5 Å². The normalized spacial score (nSPS) is 11.9. The Hall–Kier alpha value is -3.02. The fourth-order valence-corrected chi connectivity index (χ4v) is 4.59. The number of benzene rings is 3. The molecule has 3 aromatic carbocycles. The molecule has 40 heavy (non-hydrogen) atoms. The molecular formula is C34H42F4O2. The zero-order valence-corrected chi connectivity index (χ0v) is 23.7. The molecule has 0 aliphatic heterocycles. The van der Waals surface area contributed by atoms with Gasteiger partial charge in [-0.15, -0.1) is 0 Å². The van der Waals surface area contributed by atoms with Gasteiger partial charge in [-0.25, -0.2) is 0 Å². The summed E-state index contributed by atoms with van der Waals surface area (Å²) in [5.41, 5.74) is 1.09.